The van der Waals surface area contributed by atoms with Gasteiger partial charge in [-0.15, -0.1) is 0 Å². The molecule has 0 aliphatic rings. The molecule has 0 aliphatic carbocycles. The van der Waals surface area contributed by atoms with Crippen LogP contribution in [0.4, 0.5) is 16.2 Å². The summed E-state index contributed by atoms with van der Waals surface area (Å²) in [6, 6.07) is 6.13. The lowest BCUT2D eigenvalue weighted by molar-refractivity contribution is 0.112. The molecule has 0 atom stereocenters. The number of halogens is 1. The van der Waals surface area contributed by atoms with Crippen LogP contribution in [0.5, 0.6) is 0 Å². The number of anilines is 2. The summed E-state index contributed by atoms with van der Waals surface area (Å²) in [5, 5.41) is 5.99. The van der Waals surface area contributed by atoms with Gasteiger partial charge in [-0.2, -0.15) is 4.98 Å². The molecule has 24 heavy (non-hydrogen) atoms. The summed E-state index contributed by atoms with van der Waals surface area (Å²) in [5.74, 6) is 0.538. The third kappa shape index (κ3) is 4.52. The van der Waals surface area contributed by atoms with Crippen molar-refractivity contribution in [3.8, 4) is 0 Å². The molecule has 0 fully saturated rings. The molecule has 0 unspecified atom stereocenters. The Morgan fingerprint density at radius 2 is 1.92 bits per heavy atom. The Bertz CT molecular complexity index is 729. The summed E-state index contributed by atoms with van der Waals surface area (Å²) in [6.07, 6.45) is 4.27. The summed E-state index contributed by atoms with van der Waals surface area (Å²) in [4.78, 5) is 22.0. The van der Waals surface area contributed by atoms with Crippen LogP contribution >= 0.6 is 0 Å². The number of nitrogens with one attached hydrogen (secondary N) is 2. The van der Waals surface area contributed by atoms with E-state index in [1.807, 2.05) is 19.0 Å². The van der Waals surface area contributed by atoms with E-state index in [2.05, 4.69) is 20.6 Å². The van der Waals surface area contributed by atoms with Crippen molar-refractivity contribution >= 4 is 24.1 Å². The van der Waals surface area contributed by atoms with Gasteiger partial charge in [0.05, 0.1) is 11.3 Å². The molecule has 2 aromatic rings. The highest BCUT2D eigenvalue weighted by atomic mass is 19.1. The number of carbonyl (C=O) groups is 1. The lowest BCUT2D eigenvalue weighted by atomic mass is 10.2. The highest BCUT2D eigenvalue weighted by molar-refractivity contribution is 5.87. The van der Waals surface area contributed by atoms with Gasteiger partial charge in [0.2, 0.25) is 5.95 Å². The molecule has 7 heteroatoms. The van der Waals surface area contributed by atoms with E-state index < -0.39 is 0 Å². The quantitative estimate of drug-likeness (QED) is 0.761. The van der Waals surface area contributed by atoms with Crippen LogP contribution in [-0.4, -0.2) is 42.3 Å². The first-order chi connectivity index (χ1) is 11.5. The molecule has 1 aromatic heterocycles. The minimum atomic E-state index is -0.289. The van der Waals surface area contributed by atoms with Gasteiger partial charge < -0.3 is 15.5 Å². The number of nitrogens with zero attached hydrogens (tertiary/aromatic N) is 3. The van der Waals surface area contributed by atoms with Crippen LogP contribution in [0, 0.1) is 5.82 Å². The number of aldehydes is 1. The average molecular weight is 329 g/mol. The second-order valence-electron chi connectivity index (χ2n) is 5.32. The van der Waals surface area contributed by atoms with Gasteiger partial charge in [-0.25, -0.2) is 9.37 Å². The van der Waals surface area contributed by atoms with Gasteiger partial charge in [-0.1, -0.05) is 12.1 Å². The molecular weight excluding hydrogens is 309 g/mol. The molecule has 0 saturated heterocycles. The van der Waals surface area contributed by atoms with E-state index in [1.54, 1.807) is 31.5 Å². The van der Waals surface area contributed by atoms with E-state index in [0.717, 1.165) is 11.8 Å². The first kappa shape index (κ1) is 17.4. The van der Waals surface area contributed by atoms with Crippen LogP contribution in [0.2, 0.25) is 0 Å². The fourth-order valence-electron chi connectivity index (χ4n) is 1.98. The van der Waals surface area contributed by atoms with Crippen molar-refractivity contribution < 1.29 is 9.18 Å². The van der Waals surface area contributed by atoms with Gasteiger partial charge in [0, 0.05) is 33.9 Å². The van der Waals surface area contributed by atoms with Crippen LogP contribution in [0.3, 0.4) is 0 Å². The molecule has 126 valence electrons. The first-order valence-corrected chi connectivity index (χ1v) is 7.41. The molecule has 2 rings (SSSR count). The molecule has 0 radical (unpaired) electrons. The Morgan fingerprint density at radius 1 is 1.21 bits per heavy atom. The van der Waals surface area contributed by atoms with Gasteiger partial charge in [-0.05, 0) is 23.8 Å². The van der Waals surface area contributed by atoms with E-state index in [1.165, 1.54) is 12.1 Å². The van der Waals surface area contributed by atoms with Crippen molar-refractivity contribution in [2.75, 3.05) is 31.8 Å². The van der Waals surface area contributed by atoms with Crippen LogP contribution in [0.1, 0.15) is 21.6 Å². The SMILES string of the molecule is CNc1nc(/C=C\N(C)C)c(C=O)c(NCc2ccc(F)cc2)n1. The zero-order valence-corrected chi connectivity index (χ0v) is 13.9. The summed E-state index contributed by atoms with van der Waals surface area (Å²) in [7, 11) is 5.47. The summed E-state index contributed by atoms with van der Waals surface area (Å²) < 4.78 is 13.0. The maximum absolute atomic E-state index is 13.0. The molecular formula is C17H20FN5O. The number of rotatable bonds is 7. The van der Waals surface area contributed by atoms with Crippen molar-refractivity contribution in [3.05, 3.63) is 53.1 Å². The van der Waals surface area contributed by atoms with Crippen LogP contribution in [0.25, 0.3) is 6.08 Å². The Balaban J connectivity index is 2.31. The van der Waals surface area contributed by atoms with E-state index in [9.17, 15) is 9.18 Å². The molecule has 0 bridgehead atoms. The first-order valence-electron chi connectivity index (χ1n) is 7.41. The molecule has 2 N–H and O–H groups in total. The maximum atomic E-state index is 13.0. The molecule has 6 nitrogen and oxygen atoms in total. The fraction of sp³-hybridized carbons (Fsp3) is 0.235. The summed E-state index contributed by atoms with van der Waals surface area (Å²) in [6.45, 7) is 0.415. The number of benzene rings is 1. The highest BCUT2D eigenvalue weighted by Gasteiger charge is 2.12. The largest absolute Gasteiger partial charge is 0.383 e. The zero-order valence-electron chi connectivity index (χ0n) is 13.9. The lowest BCUT2D eigenvalue weighted by Crippen LogP contribution is -2.10. The normalized spacial score (nSPS) is 10.7. The van der Waals surface area contributed by atoms with E-state index in [-0.39, 0.29) is 5.82 Å². The van der Waals surface area contributed by atoms with Crippen molar-refractivity contribution in [2.24, 2.45) is 0 Å². The molecule has 0 amide bonds. The van der Waals surface area contributed by atoms with Crippen molar-refractivity contribution in [1.82, 2.24) is 14.9 Å². The van der Waals surface area contributed by atoms with Crippen LogP contribution < -0.4 is 10.6 Å². The second-order valence-corrected chi connectivity index (χ2v) is 5.32. The van der Waals surface area contributed by atoms with E-state index >= 15 is 0 Å². The number of carbonyl (C=O) groups excluding carboxylic acids is 1. The molecule has 0 spiro atoms. The molecule has 1 heterocycles. The van der Waals surface area contributed by atoms with Crippen LogP contribution in [-0.2, 0) is 6.54 Å². The topological polar surface area (TPSA) is 70.2 Å². The Morgan fingerprint density at radius 3 is 2.50 bits per heavy atom. The summed E-state index contributed by atoms with van der Waals surface area (Å²) >= 11 is 0. The third-order valence-corrected chi connectivity index (χ3v) is 3.22. The fourth-order valence-corrected chi connectivity index (χ4v) is 1.98. The smallest absolute Gasteiger partial charge is 0.224 e. The van der Waals surface area contributed by atoms with Crippen molar-refractivity contribution in [2.45, 2.75) is 6.54 Å². The predicted molar refractivity (Wildman–Crippen MR) is 93.4 cm³/mol. The standard InChI is InChI=1S/C17H20FN5O/c1-19-17-21-15(8-9-23(2)3)14(11-24)16(22-17)20-10-12-4-6-13(18)7-5-12/h4-9,11H,10H2,1-3H3,(H2,19,20,21,22)/b9-8-. The van der Waals surface area contributed by atoms with Gasteiger partial charge >= 0.3 is 0 Å². The lowest BCUT2D eigenvalue weighted by Gasteiger charge is -2.12. The minimum Gasteiger partial charge on any atom is -0.383 e. The predicted octanol–water partition coefficient (Wildman–Crippen LogP) is 2.61. The highest BCUT2D eigenvalue weighted by Crippen LogP contribution is 2.19. The molecule has 0 aliphatic heterocycles. The minimum absolute atomic E-state index is 0.289. The molecule has 0 saturated carbocycles. The third-order valence-electron chi connectivity index (χ3n) is 3.22. The van der Waals surface area contributed by atoms with Crippen molar-refractivity contribution in [1.29, 1.82) is 0 Å². The van der Waals surface area contributed by atoms with Gasteiger partial charge in [0.15, 0.2) is 6.29 Å². The van der Waals surface area contributed by atoms with E-state index in [0.29, 0.717) is 29.6 Å². The van der Waals surface area contributed by atoms with Crippen LogP contribution in [0.15, 0.2) is 30.5 Å². The second kappa shape index (κ2) is 8.05. The Kier molecular flexibility index (Phi) is 5.83. The van der Waals surface area contributed by atoms with Crippen molar-refractivity contribution in [3.63, 3.8) is 0 Å². The van der Waals surface area contributed by atoms with E-state index in [4.69, 9.17) is 0 Å². The monoisotopic (exact) mass is 329 g/mol. The van der Waals surface area contributed by atoms with Gasteiger partial charge in [0.1, 0.15) is 11.6 Å². The number of hydrogen-bond acceptors (Lipinski definition) is 6. The molecule has 1 aromatic carbocycles. The maximum Gasteiger partial charge on any atom is 0.224 e. The van der Waals surface area contributed by atoms with Gasteiger partial charge in [0.25, 0.3) is 0 Å². The Hall–Kier alpha value is -2.96. The zero-order chi connectivity index (χ0) is 17.5. The number of hydrogen-bond donors (Lipinski definition) is 2. The number of aromatic nitrogens is 2. The van der Waals surface area contributed by atoms with Gasteiger partial charge in [-0.3, -0.25) is 4.79 Å². The average Bonchev–Trinajstić information content (AvgIpc) is 2.58. The Labute approximate surface area is 140 Å². The summed E-state index contributed by atoms with van der Waals surface area (Å²) in [5.41, 5.74) is 1.76.